The van der Waals surface area contributed by atoms with E-state index in [0.29, 0.717) is 10.7 Å². The van der Waals surface area contributed by atoms with Crippen molar-refractivity contribution in [3.8, 4) is 0 Å². The number of anilines is 1. The molecule has 3 aromatic carbocycles. The van der Waals surface area contributed by atoms with E-state index in [1.165, 1.54) is 54.7 Å². The Balaban J connectivity index is 1.73. The van der Waals surface area contributed by atoms with Crippen molar-refractivity contribution in [1.29, 1.82) is 0 Å². The maximum absolute atomic E-state index is 13.4. The van der Waals surface area contributed by atoms with Crippen molar-refractivity contribution in [2.24, 2.45) is 5.10 Å². The maximum atomic E-state index is 13.4. The normalized spacial score (nSPS) is 12.0. The lowest BCUT2D eigenvalue weighted by Gasteiger charge is -2.15. The number of amides is 1. The van der Waals surface area contributed by atoms with Crippen LogP contribution in [0, 0.1) is 0 Å². The molecule has 0 spiro atoms. The van der Waals surface area contributed by atoms with Crippen LogP contribution >= 0.6 is 27.3 Å². The smallest absolute Gasteiger partial charge is 0.267 e. The van der Waals surface area contributed by atoms with Gasteiger partial charge in [0.05, 0.1) is 21.3 Å². The number of halogens is 1. The molecule has 0 radical (unpaired) electrons. The van der Waals surface area contributed by atoms with E-state index in [1.54, 1.807) is 6.21 Å². The van der Waals surface area contributed by atoms with Gasteiger partial charge in [-0.3, -0.25) is 4.79 Å². The lowest BCUT2D eigenvalue weighted by atomic mass is 10.2. The van der Waals surface area contributed by atoms with E-state index < -0.39 is 15.9 Å². The quantitative estimate of drug-likeness (QED) is 0.254. The van der Waals surface area contributed by atoms with Gasteiger partial charge in [-0.25, -0.2) is 17.7 Å². The Hall–Kier alpha value is -2.92. The zero-order valence-electron chi connectivity index (χ0n) is 17.7. The van der Waals surface area contributed by atoms with Crippen LogP contribution in [0.3, 0.4) is 0 Å². The maximum Gasteiger partial charge on any atom is 0.280 e. The molecule has 1 aromatic heterocycles. The van der Waals surface area contributed by atoms with Gasteiger partial charge in [-0.05, 0) is 48.0 Å². The van der Waals surface area contributed by atoms with E-state index in [-0.39, 0.29) is 4.90 Å². The van der Waals surface area contributed by atoms with Gasteiger partial charge in [0.2, 0.25) is 15.2 Å². The molecule has 10 heteroatoms. The minimum Gasteiger partial charge on any atom is -0.267 e. The first kappa shape index (κ1) is 23.2. The van der Waals surface area contributed by atoms with Crippen LogP contribution in [0.1, 0.15) is 15.9 Å². The standard InChI is InChI=1S/C23H19BrN4O3S2/c1-27(2)33(30,31)19-11-8-17(9-12-19)22(29)28(25-15-16-6-4-3-5-7-16)23-26-20-13-10-18(24)14-21(20)32-23/h3-15H,1-2H3/b25-15+. The van der Waals surface area contributed by atoms with Gasteiger partial charge in [0, 0.05) is 24.1 Å². The molecule has 0 unspecified atom stereocenters. The van der Waals surface area contributed by atoms with Crippen LogP contribution in [-0.2, 0) is 10.0 Å². The summed E-state index contributed by atoms with van der Waals surface area (Å²) < 4.78 is 27.6. The molecule has 1 amide bonds. The summed E-state index contributed by atoms with van der Waals surface area (Å²) in [6.45, 7) is 0. The van der Waals surface area contributed by atoms with Gasteiger partial charge in [-0.15, -0.1) is 0 Å². The van der Waals surface area contributed by atoms with Crippen LogP contribution in [0.2, 0.25) is 0 Å². The molecule has 0 aliphatic carbocycles. The summed E-state index contributed by atoms with van der Waals surface area (Å²) in [6, 6.07) is 20.9. The summed E-state index contributed by atoms with van der Waals surface area (Å²) in [5.74, 6) is -0.422. The van der Waals surface area contributed by atoms with Crippen molar-refractivity contribution in [3.05, 3.63) is 88.4 Å². The highest BCUT2D eigenvalue weighted by Gasteiger charge is 2.23. The third kappa shape index (κ3) is 5.03. The Kier molecular flexibility index (Phi) is 6.71. The predicted molar refractivity (Wildman–Crippen MR) is 135 cm³/mol. The molecule has 168 valence electrons. The summed E-state index contributed by atoms with van der Waals surface area (Å²) in [4.78, 5) is 18.1. The Morgan fingerprint density at radius 2 is 1.73 bits per heavy atom. The Bertz CT molecular complexity index is 1430. The second-order valence-electron chi connectivity index (χ2n) is 7.19. The van der Waals surface area contributed by atoms with E-state index >= 15 is 0 Å². The van der Waals surface area contributed by atoms with Crippen molar-refractivity contribution in [2.45, 2.75) is 4.90 Å². The van der Waals surface area contributed by atoms with Crippen LogP contribution in [0.5, 0.6) is 0 Å². The zero-order valence-corrected chi connectivity index (χ0v) is 20.9. The highest BCUT2D eigenvalue weighted by atomic mass is 79.9. The Morgan fingerprint density at radius 1 is 1.03 bits per heavy atom. The fourth-order valence-electron chi connectivity index (χ4n) is 2.93. The molecular weight excluding hydrogens is 524 g/mol. The molecular formula is C23H19BrN4O3S2. The van der Waals surface area contributed by atoms with Crippen LogP contribution in [-0.4, -0.2) is 43.9 Å². The first-order chi connectivity index (χ1) is 15.8. The summed E-state index contributed by atoms with van der Waals surface area (Å²) in [5, 5.41) is 6.07. The van der Waals surface area contributed by atoms with Gasteiger partial charge >= 0.3 is 0 Å². The SMILES string of the molecule is CN(C)S(=O)(=O)c1ccc(C(=O)N(/N=C/c2ccccc2)c2nc3ccc(Br)cc3s2)cc1. The highest BCUT2D eigenvalue weighted by Crippen LogP contribution is 2.32. The number of carbonyl (C=O) groups is 1. The van der Waals surface area contributed by atoms with E-state index in [4.69, 9.17) is 0 Å². The average Bonchev–Trinajstić information content (AvgIpc) is 3.22. The number of nitrogens with zero attached hydrogens (tertiary/aromatic N) is 4. The number of aromatic nitrogens is 1. The average molecular weight is 543 g/mol. The van der Waals surface area contributed by atoms with Crippen LogP contribution in [0.4, 0.5) is 5.13 Å². The number of hydrogen-bond acceptors (Lipinski definition) is 6. The molecule has 0 bridgehead atoms. The number of hydrogen-bond donors (Lipinski definition) is 0. The van der Waals surface area contributed by atoms with Gasteiger partial charge in [0.1, 0.15) is 0 Å². The minimum absolute atomic E-state index is 0.105. The molecule has 0 fully saturated rings. The molecule has 4 rings (SSSR count). The van der Waals surface area contributed by atoms with E-state index in [2.05, 4.69) is 26.0 Å². The lowest BCUT2D eigenvalue weighted by Crippen LogP contribution is -2.26. The van der Waals surface area contributed by atoms with E-state index in [1.807, 2.05) is 48.5 Å². The topological polar surface area (TPSA) is 82.9 Å². The van der Waals surface area contributed by atoms with Crippen LogP contribution in [0.15, 0.2) is 87.3 Å². The number of carbonyl (C=O) groups excluding carboxylic acids is 1. The van der Waals surface area contributed by atoms with Crippen molar-refractivity contribution in [2.75, 3.05) is 19.1 Å². The number of thiazole rings is 1. The molecule has 0 aliphatic heterocycles. The molecule has 1 heterocycles. The lowest BCUT2D eigenvalue weighted by molar-refractivity contribution is 0.0987. The van der Waals surface area contributed by atoms with Gasteiger partial charge in [-0.2, -0.15) is 10.1 Å². The molecule has 7 nitrogen and oxygen atoms in total. The number of hydrazone groups is 1. The van der Waals surface area contributed by atoms with Crippen molar-refractivity contribution < 1.29 is 13.2 Å². The monoisotopic (exact) mass is 542 g/mol. The van der Waals surface area contributed by atoms with Gasteiger partial charge in [0.25, 0.3) is 5.91 Å². The second kappa shape index (κ2) is 9.52. The molecule has 33 heavy (non-hydrogen) atoms. The van der Waals surface area contributed by atoms with Gasteiger partial charge < -0.3 is 0 Å². The Morgan fingerprint density at radius 3 is 2.39 bits per heavy atom. The third-order valence-electron chi connectivity index (χ3n) is 4.71. The molecule has 0 saturated carbocycles. The fourth-order valence-corrected chi connectivity index (χ4v) is 5.31. The molecule has 0 N–H and O–H groups in total. The van der Waals surface area contributed by atoms with Crippen molar-refractivity contribution in [3.63, 3.8) is 0 Å². The van der Waals surface area contributed by atoms with Crippen molar-refractivity contribution in [1.82, 2.24) is 9.29 Å². The van der Waals surface area contributed by atoms with Gasteiger partial charge in [-0.1, -0.05) is 57.6 Å². The summed E-state index contributed by atoms with van der Waals surface area (Å²) in [7, 11) is -0.679. The molecule has 0 aliphatic rings. The van der Waals surface area contributed by atoms with Crippen molar-refractivity contribution >= 4 is 64.8 Å². The van der Waals surface area contributed by atoms with Crippen LogP contribution in [0.25, 0.3) is 10.2 Å². The van der Waals surface area contributed by atoms with Crippen LogP contribution < -0.4 is 5.01 Å². The highest BCUT2D eigenvalue weighted by molar-refractivity contribution is 9.10. The zero-order chi connectivity index (χ0) is 23.6. The molecule has 0 saturated heterocycles. The Labute approximate surface area is 204 Å². The summed E-state index contributed by atoms with van der Waals surface area (Å²) in [6.07, 6.45) is 1.59. The number of rotatable bonds is 6. The molecule has 0 atom stereocenters. The van der Waals surface area contributed by atoms with E-state index in [9.17, 15) is 13.2 Å². The minimum atomic E-state index is -3.60. The van der Waals surface area contributed by atoms with Gasteiger partial charge in [0.15, 0.2) is 0 Å². The largest absolute Gasteiger partial charge is 0.280 e. The first-order valence-corrected chi connectivity index (χ1v) is 12.8. The van der Waals surface area contributed by atoms with E-state index in [0.717, 1.165) is 24.6 Å². The summed E-state index contributed by atoms with van der Waals surface area (Å²) >= 11 is 4.79. The predicted octanol–water partition coefficient (Wildman–Crippen LogP) is 4.99. The number of sulfonamides is 1. The third-order valence-corrected chi connectivity index (χ3v) is 8.03. The summed E-state index contributed by atoms with van der Waals surface area (Å²) in [5.41, 5.74) is 1.86. The second-order valence-corrected chi connectivity index (χ2v) is 11.3. The molecule has 4 aromatic rings. The number of fused-ring (bicyclic) bond motifs is 1. The fraction of sp³-hybridized carbons (Fsp3) is 0.0870. The number of benzene rings is 3. The first-order valence-electron chi connectivity index (χ1n) is 9.78.